The van der Waals surface area contributed by atoms with Crippen molar-refractivity contribution in [1.82, 2.24) is 15.5 Å². The van der Waals surface area contributed by atoms with Crippen molar-refractivity contribution in [3.63, 3.8) is 0 Å². The van der Waals surface area contributed by atoms with E-state index in [1.54, 1.807) is 0 Å². The SMILES string of the molecule is O=C(O)NCCCN(CCCCNC(=O)C(F)C(=O)O)Cc1ccccc1. The maximum Gasteiger partial charge on any atom is 0.404 e. The Labute approximate surface area is 157 Å². The van der Waals surface area contributed by atoms with Crippen LogP contribution in [0.15, 0.2) is 30.3 Å². The highest BCUT2D eigenvalue weighted by Gasteiger charge is 2.24. The summed E-state index contributed by atoms with van der Waals surface area (Å²) in [7, 11) is 0. The van der Waals surface area contributed by atoms with Crippen LogP contribution in [-0.4, -0.2) is 65.4 Å². The fraction of sp³-hybridized carbons (Fsp3) is 0.500. The zero-order valence-corrected chi connectivity index (χ0v) is 15.1. The molecule has 0 aromatic heterocycles. The average molecular weight is 383 g/mol. The number of carbonyl (C=O) groups excluding carboxylic acids is 1. The molecule has 0 spiro atoms. The molecule has 2 amide bonds. The third kappa shape index (κ3) is 10.1. The molecule has 150 valence electrons. The van der Waals surface area contributed by atoms with Gasteiger partial charge in [0.15, 0.2) is 0 Å². The van der Waals surface area contributed by atoms with Crippen molar-refractivity contribution in [3.05, 3.63) is 35.9 Å². The largest absolute Gasteiger partial charge is 0.479 e. The Morgan fingerprint density at radius 1 is 0.963 bits per heavy atom. The van der Waals surface area contributed by atoms with E-state index >= 15 is 0 Å². The predicted molar refractivity (Wildman–Crippen MR) is 97.1 cm³/mol. The van der Waals surface area contributed by atoms with Crippen LogP contribution in [-0.2, 0) is 16.1 Å². The van der Waals surface area contributed by atoms with Crippen molar-refractivity contribution in [2.24, 2.45) is 0 Å². The molecule has 0 aliphatic carbocycles. The molecule has 1 unspecified atom stereocenters. The van der Waals surface area contributed by atoms with E-state index in [-0.39, 0.29) is 6.54 Å². The van der Waals surface area contributed by atoms with Crippen LogP contribution in [0.1, 0.15) is 24.8 Å². The molecular formula is C18H26FN3O5. The molecule has 0 saturated heterocycles. The molecule has 4 N–H and O–H groups in total. The van der Waals surface area contributed by atoms with Crippen LogP contribution in [0.3, 0.4) is 0 Å². The monoisotopic (exact) mass is 383 g/mol. The fourth-order valence-electron chi connectivity index (χ4n) is 2.48. The number of halogens is 1. The van der Waals surface area contributed by atoms with Crippen LogP contribution in [0.5, 0.6) is 0 Å². The molecule has 1 atom stereocenters. The number of carboxylic acids is 1. The van der Waals surface area contributed by atoms with E-state index in [0.29, 0.717) is 32.5 Å². The summed E-state index contributed by atoms with van der Waals surface area (Å²) in [6, 6.07) is 9.85. The first-order valence-electron chi connectivity index (χ1n) is 8.78. The van der Waals surface area contributed by atoms with Gasteiger partial charge in [-0.15, -0.1) is 0 Å². The Balaban J connectivity index is 2.36. The lowest BCUT2D eigenvalue weighted by atomic mass is 10.2. The number of rotatable bonds is 13. The Hall–Kier alpha value is -2.68. The van der Waals surface area contributed by atoms with E-state index in [1.165, 1.54) is 0 Å². The van der Waals surface area contributed by atoms with Crippen LogP contribution in [0.2, 0.25) is 0 Å². The van der Waals surface area contributed by atoms with Crippen molar-refractivity contribution in [1.29, 1.82) is 0 Å². The highest BCUT2D eigenvalue weighted by molar-refractivity contribution is 5.99. The molecule has 8 nitrogen and oxygen atoms in total. The molecule has 0 bridgehead atoms. The quantitative estimate of drug-likeness (QED) is 0.303. The minimum atomic E-state index is -2.54. The average Bonchev–Trinajstić information content (AvgIpc) is 2.64. The van der Waals surface area contributed by atoms with Crippen LogP contribution in [0, 0.1) is 0 Å². The number of carbonyl (C=O) groups is 3. The smallest absolute Gasteiger partial charge is 0.404 e. The van der Waals surface area contributed by atoms with Crippen LogP contribution < -0.4 is 10.6 Å². The third-order valence-corrected chi connectivity index (χ3v) is 3.82. The predicted octanol–water partition coefficient (Wildman–Crippen LogP) is 1.47. The maximum atomic E-state index is 13.0. The summed E-state index contributed by atoms with van der Waals surface area (Å²) >= 11 is 0. The van der Waals surface area contributed by atoms with Gasteiger partial charge in [0, 0.05) is 26.2 Å². The molecule has 0 saturated carbocycles. The second kappa shape index (κ2) is 12.6. The summed E-state index contributed by atoms with van der Waals surface area (Å²) in [6.45, 7) is 2.70. The molecule has 1 aromatic carbocycles. The summed E-state index contributed by atoms with van der Waals surface area (Å²) in [5.41, 5.74) is 1.14. The summed E-state index contributed by atoms with van der Waals surface area (Å²) in [6.07, 6.45) is -1.62. The molecule has 0 radical (unpaired) electrons. The Bertz CT molecular complexity index is 600. The lowest BCUT2D eigenvalue weighted by molar-refractivity contribution is -0.148. The van der Waals surface area contributed by atoms with Gasteiger partial charge in [-0.05, 0) is 31.4 Å². The van der Waals surface area contributed by atoms with E-state index in [2.05, 4.69) is 15.5 Å². The van der Waals surface area contributed by atoms with Gasteiger partial charge in [0.2, 0.25) is 0 Å². The van der Waals surface area contributed by atoms with Crippen molar-refractivity contribution in [2.75, 3.05) is 26.2 Å². The Morgan fingerprint density at radius 2 is 1.59 bits per heavy atom. The molecule has 1 aromatic rings. The van der Waals surface area contributed by atoms with Crippen molar-refractivity contribution in [3.8, 4) is 0 Å². The van der Waals surface area contributed by atoms with Crippen LogP contribution >= 0.6 is 0 Å². The fourth-order valence-corrected chi connectivity index (χ4v) is 2.48. The number of hydrogen-bond acceptors (Lipinski definition) is 4. The van der Waals surface area contributed by atoms with Crippen LogP contribution in [0.25, 0.3) is 0 Å². The summed E-state index contributed by atoms with van der Waals surface area (Å²) in [5.74, 6) is -2.93. The summed E-state index contributed by atoms with van der Waals surface area (Å²) < 4.78 is 13.0. The number of hydrogen-bond donors (Lipinski definition) is 4. The third-order valence-electron chi connectivity index (χ3n) is 3.82. The van der Waals surface area contributed by atoms with Crippen molar-refractivity contribution < 1.29 is 29.0 Å². The molecule has 0 heterocycles. The molecular weight excluding hydrogens is 357 g/mol. The van der Waals surface area contributed by atoms with Crippen LogP contribution in [0.4, 0.5) is 9.18 Å². The normalized spacial score (nSPS) is 11.8. The number of alkyl halides is 1. The van der Waals surface area contributed by atoms with Gasteiger partial charge >= 0.3 is 12.1 Å². The number of nitrogens with one attached hydrogen (secondary N) is 2. The van der Waals surface area contributed by atoms with Gasteiger partial charge < -0.3 is 20.8 Å². The molecule has 0 aliphatic heterocycles. The van der Waals surface area contributed by atoms with Gasteiger partial charge in [0.05, 0.1) is 0 Å². The summed E-state index contributed by atoms with van der Waals surface area (Å²) in [5, 5.41) is 21.6. The van der Waals surface area contributed by atoms with E-state index in [9.17, 15) is 18.8 Å². The van der Waals surface area contributed by atoms with Gasteiger partial charge in [-0.2, -0.15) is 0 Å². The van der Waals surface area contributed by atoms with Crippen molar-refractivity contribution >= 4 is 18.0 Å². The van der Waals surface area contributed by atoms with E-state index < -0.39 is 24.1 Å². The number of benzene rings is 1. The maximum absolute atomic E-state index is 13.0. The first-order valence-corrected chi connectivity index (χ1v) is 8.78. The standard InChI is InChI=1S/C18H26FN3O5/c19-15(17(24)25)16(23)20-9-4-5-11-22(12-6-10-21-18(26)27)13-14-7-2-1-3-8-14/h1-3,7-8,15,21H,4-6,9-13H2,(H,20,23)(H,24,25)(H,26,27). The van der Waals surface area contributed by atoms with E-state index in [0.717, 1.165) is 18.5 Å². The van der Waals surface area contributed by atoms with Gasteiger partial charge in [0.25, 0.3) is 12.1 Å². The number of nitrogens with zero attached hydrogens (tertiary/aromatic N) is 1. The Kier molecular flexibility index (Phi) is 10.5. The highest BCUT2D eigenvalue weighted by Crippen LogP contribution is 2.06. The Morgan fingerprint density at radius 3 is 2.22 bits per heavy atom. The van der Waals surface area contributed by atoms with Gasteiger partial charge in [-0.1, -0.05) is 30.3 Å². The van der Waals surface area contributed by atoms with Gasteiger partial charge in [-0.25, -0.2) is 14.0 Å². The second-order valence-electron chi connectivity index (χ2n) is 6.05. The number of unbranched alkanes of at least 4 members (excludes halogenated alkanes) is 1. The number of aliphatic carboxylic acids is 1. The molecule has 9 heteroatoms. The van der Waals surface area contributed by atoms with Gasteiger partial charge in [0.1, 0.15) is 0 Å². The zero-order valence-electron chi connectivity index (χ0n) is 15.1. The first-order chi connectivity index (χ1) is 12.9. The molecule has 1 rings (SSSR count). The van der Waals surface area contributed by atoms with E-state index in [1.807, 2.05) is 30.3 Å². The second-order valence-corrected chi connectivity index (χ2v) is 6.05. The first kappa shape index (κ1) is 22.4. The van der Waals surface area contributed by atoms with Gasteiger partial charge in [-0.3, -0.25) is 9.69 Å². The molecule has 27 heavy (non-hydrogen) atoms. The molecule has 0 aliphatic rings. The highest BCUT2D eigenvalue weighted by atomic mass is 19.1. The topological polar surface area (TPSA) is 119 Å². The minimum absolute atomic E-state index is 0.201. The minimum Gasteiger partial charge on any atom is -0.479 e. The lowest BCUT2D eigenvalue weighted by Gasteiger charge is -2.22. The van der Waals surface area contributed by atoms with E-state index in [4.69, 9.17) is 10.2 Å². The zero-order chi connectivity index (χ0) is 20.1. The molecule has 0 fully saturated rings. The number of carboxylic acid groups (broad SMARTS) is 2. The summed E-state index contributed by atoms with van der Waals surface area (Å²) in [4.78, 5) is 34.3. The lowest BCUT2D eigenvalue weighted by Crippen LogP contribution is -2.37. The number of amides is 2. The van der Waals surface area contributed by atoms with Crippen molar-refractivity contribution in [2.45, 2.75) is 32.0 Å².